The van der Waals surface area contributed by atoms with Crippen LogP contribution in [0.15, 0.2) is 24.3 Å². The van der Waals surface area contributed by atoms with Crippen LogP contribution in [0.4, 0.5) is 5.69 Å². The summed E-state index contributed by atoms with van der Waals surface area (Å²) in [4.78, 5) is 41.5. The van der Waals surface area contributed by atoms with E-state index in [1.165, 1.54) is 0 Å². The van der Waals surface area contributed by atoms with Crippen molar-refractivity contribution in [1.82, 2.24) is 9.88 Å². The smallest absolute Gasteiger partial charge is 0.340 e. The molecule has 1 saturated heterocycles. The second-order valence-corrected chi connectivity index (χ2v) is 6.92. The van der Waals surface area contributed by atoms with E-state index in [4.69, 9.17) is 4.74 Å². The lowest BCUT2D eigenvalue weighted by molar-refractivity contribution is -0.128. The average Bonchev–Trinajstić information content (AvgIpc) is 3.18. The number of esters is 1. The Morgan fingerprint density at radius 3 is 2.75 bits per heavy atom. The molecule has 2 aromatic rings. The molecule has 2 N–H and O–H groups in total. The molecule has 7 nitrogen and oxygen atoms in total. The maximum Gasteiger partial charge on any atom is 0.340 e. The summed E-state index contributed by atoms with van der Waals surface area (Å²) in [5.74, 6) is -0.603. The lowest BCUT2D eigenvalue weighted by Crippen LogP contribution is -2.23. The third-order valence-corrected chi connectivity index (χ3v) is 4.87. The minimum absolute atomic E-state index is 0.165. The van der Waals surface area contributed by atoms with Crippen LogP contribution in [0.25, 0.3) is 0 Å². The number of hydrogen-bond donors (Lipinski definition) is 2. The summed E-state index contributed by atoms with van der Waals surface area (Å²) in [5, 5.41) is 2.86. The number of rotatable bonds is 6. The fourth-order valence-corrected chi connectivity index (χ4v) is 3.52. The van der Waals surface area contributed by atoms with Gasteiger partial charge in [0.1, 0.15) is 5.69 Å². The highest BCUT2D eigenvalue weighted by atomic mass is 16.5. The number of aryl methyl sites for hydroxylation is 1. The predicted molar refractivity (Wildman–Crippen MR) is 105 cm³/mol. The zero-order valence-corrected chi connectivity index (χ0v) is 16.4. The van der Waals surface area contributed by atoms with Gasteiger partial charge < -0.3 is 19.9 Å². The summed E-state index contributed by atoms with van der Waals surface area (Å²) in [6, 6.07) is 7.44. The molecule has 1 aromatic carbocycles. The maximum absolute atomic E-state index is 12.7. The zero-order valence-electron chi connectivity index (χ0n) is 16.4. The van der Waals surface area contributed by atoms with Crippen LogP contribution in [0.3, 0.4) is 0 Å². The molecule has 1 aliphatic heterocycles. The SMILES string of the molecule is CCOC(=O)c1c(C)[nH]c(C(=O)Nc2cccc(CN3CCCC3=O)c2)c1C. The van der Waals surface area contributed by atoms with E-state index < -0.39 is 5.97 Å². The average molecular weight is 383 g/mol. The van der Waals surface area contributed by atoms with Gasteiger partial charge in [-0.05, 0) is 50.5 Å². The number of anilines is 1. The van der Waals surface area contributed by atoms with Gasteiger partial charge >= 0.3 is 5.97 Å². The van der Waals surface area contributed by atoms with Crippen molar-refractivity contribution in [3.8, 4) is 0 Å². The number of aromatic nitrogens is 1. The van der Waals surface area contributed by atoms with Gasteiger partial charge in [0.15, 0.2) is 0 Å². The van der Waals surface area contributed by atoms with Crippen LogP contribution in [-0.2, 0) is 16.1 Å². The fourth-order valence-electron chi connectivity index (χ4n) is 3.52. The van der Waals surface area contributed by atoms with E-state index in [1.54, 1.807) is 26.8 Å². The molecule has 0 bridgehead atoms. The molecular formula is C21H25N3O4. The number of benzene rings is 1. The maximum atomic E-state index is 12.7. The first-order valence-electron chi connectivity index (χ1n) is 9.45. The summed E-state index contributed by atoms with van der Waals surface area (Å²) in [6.07, 6.45) is 1.49. The number of nitrogens with zero attached hydrogens (tertiary/aromatic N) is 1. The van der Waals surface area contributed by atoms with E-state index in [9.17, 15) is 14.4 Å². The van der Waals surface area contributed by atoms with Crippen LogP contribution in [0, 0.1) is 13.8 Å². The number of carbonyl (C=O) groups is 3. The van der Waals surface area contributed by atoms with Gasteiger partial charge in [-0.3, -0.25) is 9.59 Å². The molecule has 0 saturated carbocycles. The second-order valence-electron chi connectivity index (χ2n) is 6.92. The Morgan fingerprint density at radius 2 is 2.07 bits per heavy atom. The molecule has 0 radical (unpaired) electrons. The Kier molecular flexibility index (Phi) is 5.82. The number of hydrogen-bond acceptors (Lipinski definition) is 4. The van der Waals surface area contributed by atoms with Crippen molar-refractivity contribution >= 4 is 23.5 Å². The fraction of sp³-hybridized carbons (Fsp3) is 0.381. The van der Waals surface area contributed by atoms with E-state index in [0.29, 0.717) is 41.2 Å². The minimum Gasteiger partial charge on any atom is -0.462 e. The predicted octanol–water partition coefficient (Wildman–Crippen LogP) is 3.18. The van der Waals surface area contributed by atoms with Gasteiger partial charge in [-0.15, -0.1) is 0 Å². The van der Waals surface area contributed by atoms with Crippen LogP contribution in [0.5, 0.6) is 0 Å². The quantitative estimate of drug-likeness (QED) is 0.750. The Bertz CT molecular complexity index is 916. The number of aromatic amines is 1. The van der Waals surface area contributed by atoms with Crippen LogP contribution in [-0.4, -0.2) is 40.8 Å². The number of carbonyl (C=O) groups excluding carboxylic acids is 3. The molecule has 1 fully saturated rings. The van der Waals surface area contributed by atoms with Gasteiger partial charge in [-0.2, -0.15) is 0 Å². The molecule has 0 aliphatic carbocycles. The summed E-state index contributed by atoms with van der Waals surface area (Å²) in [5.41, 5.74) is 3.49. The van der Waals surface area contributed by atoms with Crippen molar-refractivity contribution in [3.63, 3.8) is 0 Å². The number of amides is 2. The zero-order chi connectivity index (χ0) is 20.3. The molecule has 28 heavy (non-hydrogen) atoms. The molecule has 3 rings (SSSR count). The Labute approximate surface area is 164 Å². The Balaban J connectivity index is 1.75. The van der Waals surface area contributed by atoms with Crippen molar-refractivity contribution in [2.24, 2.45) is 0 Å². The first kappa shape index (κ1) is 19.7. The Morgan fingerprint density at radius 1 is 1.29 bits per heavy atom. The highest BCUT2D eigenvalue weighted by Gasteiger charge is 2.23. The molecule has 7 heteroatoms. The van der Waals surface area contributed by atoms with Crippen molar-refractivity contribution in [3.05, 3.63) is 52.3 Å². The number of H-pyrrole nitrogens is 1. The summed E-state index contributed by atoms with van der Waals surface area (Å²) in [6.45, 7) is 6.79. The first-order chi connectivity index (χ1) is 13.4. The molecule has 148 valence electrons. The van der Waals surface area contributed by atoms with Crippen LogP contribution in [0.1, 0.15) is 57.4 Å². The third-order valence-electron chi connectivity index (χ3n) is 4.87. The lowest BCUT2D eigenvalue weighted by atomic mass is 10.1. The van der Waals surface area contributed by atoms with Crippen LogP contribution in [0.2, 0.25) is 0 Å². The molecule has 0 spiro atoms. The Hall–Kier alpha value is -3.09. The summed E-state index contributed by atoms with van der Waals surface area (Å²) >= 11 is 0. The third kappa shape index (κ3) is 4.08. The number of nitrogens with one attached hydrogen (secondary N) is 2. The van der Waals surface area contributed by atoms with E-state index in [1.807, 2.05) is 23.1 Å². The second kappa shape index (κ2) is 8.29. The van der Waals surface area contributed by atoms with Crippen LogP contribution >= 0.6 is 0 Å². The molecular weight excluding hydrogens is 358 g/mol. The standard InChI is InChI=1S/C21H25N3O4/c1-4-28-21(27)18-13(2)19(22-14(18)3)20(26)23-16-8-5-7-15(11-16)12-24-10-6-9-17(24)25/h5,7-8,11,22H,4,6,9-10,12H2,1-3H3,(H,23,26). The van der Waals surface area contributed by atoms with Gasteiger partial charge in [-0.25, -0.2) is 4.79 Å². The van der Waals surface area contributed by atoms with Gasteiger partial charge in [-0.1, -0.05) is 12.1 Å². The number of likely N-dealkylation sites (tertiary alicyclic amines) is 1. The van der Waals surface area contributed by atoms with Crippen molar-refractivity contribution < 1.29 is 19.1 Å². The van der Waals surface area contributed by atoms with E-state index in [2.05, 4.69) is 10.3 Å². The highest BCUT2D eigenvalue weighted by molar-refractivity contribution is 6.06. The topological polar surface area (TPSA) is 91.5 Å². The summed E-state index contributed by atoms with van der Waals surface area (Å²) in [7, 11) is 0. The van der Waals surface area contributed by atoms with Crippen molar-refractivity contribution in [2.45, 2.75) is 40.2 Å². The summed E-state index contributed by atoms with van der Waals surface area (Å²) < 4.78 is 5.07. The highest BCUT2D eigenvalue weighted by Crippen LogP contribution is 2.21. The van der Waals surface area contributed by atoms with Gasteiger partial charge in [0, 0.05) is 30.9 Å². The van der Waals surface area contributed by atoms with Crippen molar-refractivity contribution in [2.75, 3.05) is 18.5 Å². The van der Waals surface area contributed by atoms with Crippen molar-refractivity contribution in [1.29, 1.82) is 0 Å². The van der Waals surface area contributed by atoms with E-state index in [0.717, 1.165) is 18.5 Å². The molecule has 1 aliphatic rings. The minimum atomic E-state index is -0.440. The van der Waals surface area contributed by atoms with E-state index in [-0.39, 0.29) is 18.4 Å². The molecule has 1 aromatic heterocycles. The molecule has 0 atom stereocenters. The molecule has 2 heterocycles. The largest absolute Gasteiger partial charge is 0.462 e. The first-order valence-corrected chi connectivity index (χ1v) is 9.45. The van der Waals surface area contributed by atoms with Gasteiger partial charge in [0.2, 0.25) is 5.91 Å². The van der Waals surface area contributed by atoms with E-state index >= 15 is 0 Å². The monoisotopic (exact) mass is 383 g/mol. The van der Waals surface area contributed by atoms with Crippen LogP contribution < -0.4 is 5.32 Å². The van der Waals surface area contributed by atoms with Gasteiger partial charge in [0.25, 0.3) is 5.91 Å². The van der Waals surface area contributed by atoms with Gasteiger partial charge in [0.05, 0.1) is 12.2 Å². The molecule has 2 amide bonds. The lowest BCUT2D eigenvalue weighted by Gasteiger charge is -2.16. The number of ether oxygens (including phenoxy) is 1. The molecule has 0 unspecified atom stereocenters. The normalized spacial score (nSPS) is 13.7.